The van der Waals surface area contributed by atoms with Crippen LogP contribution in [0, 0.1) is 6.92 Å². The molecule has 2 rings (SSSR count). The number of carboxylic acids is 1. The van der Waals surface area contributed by atoms with Crippen LogP contribution in [0.25, 0.3) is 0 Å². The number of nitrogens with one attached hydrogen (secondary N) is 1. The van der Waals surface area contributed by atoms with Crippen LogP contribution in [0.5, 0.6) is 0 Å². The van der Waals surface area contributed by atoms with Gasteiger partial charge in [0, 0.05) is 38.3 Å². The predicted octanol–water partition coefficient (Wildman–Crippen LogP) is 0.965. The molecule has 2 N–H and O–H groups in total. The molecule has 1 fully saturated rings. The van der Waals surface area contributed by atoms with Gasteiger partial charge in [0.1, 0.15) is 5.54 Å². The molecule has 0 aromatic carbocycles. The zero-order valence-electron chi connectivity index (χ0n) is 12.4. The standard InChI is InChI=1S/C14H21N3O4/c1-3-6-17-10(2)11(9-15-17)12(18)16-14(13(19)20)4-7-21-8-5-14/h9H,3-8H2,1-2H3,(H,16,18)(H,19,20). The minimum absolute atomic E-state index is 0.274. The topological polar surface area (TPSA) is 93.5 Å². The summed E-state index contributed by atoms with van der Waals surface area (Å²) in [6.45, 7) is 5.25. The molecular formula is C14H21N3O4. The Morgan fingerprint density at radius 3 is 2.71 bits per heavy atom. The molecule has 1 aliphatic rings. The van der Waals surface area contributed by atoms with Crippen molar-refractivity contribution in [3.8, 4) is 0 Å². The summed E-state index contributed by atoms with van der Waals surface area (Å²) < 4.78 is 6.95. The lowest BCUT2D eigenvalue weighted by molar-refractivity contribution is -0.148. The van der Waals surface area contributed by atoms with E-state index in [0.29, 0.717) is 18.8 Å². The molecule has 0 radical (unpaired) electrons. The van der Waals surface area contributed by atoms with Crippen LogP contribution in [0.3, 0.4) is 0 Å². The first-order valence-corrected chi connectivity index (χ1v) is 7.16. The maximum absolute atomic E-state index is 12.4. The van der Waals surface area contributed by atoms with Crippen LogP contribution in [0.2, 0.25) is 0 Å². The molecular weight excluding hydrogens is 274 g/mol. The minimum Gasteiger partial charge on any atom is -0.480 e. The number of aromatic nitrogens is 2. The van der Waals surface area contributed by atoms with Gasteiger partial charge >= 0.3 is 5.97 Å². The van der Waals surface area contributed by atoms with Gasteiger partial charge in [-0.05, 0) is 13.3 Å². The van der Waals surface area contributed by atoms with E-state index < -0.39 is 11.5 Å². The summed E-state index contributed by atoms with van der Waals surface area (Å²) in [6.07, 6.45) is 2.96. The number of hydrogen-bond acceptors (Lipinski definition) is 4. The van der Waals surface area contributed by atoms with Gasteiger partial charge in [-0.15, -0.1) is 0 Å². The van der Waals surface area contributed by atoms with Gasteiger partial charge in [0.05, 0.1) is 11.8 Å². The summed E-state index contributed by atoms with van der Waals surface area (Å²) in [7, 11) is 0. The van der Waals surface area contributed by atoms with Gasteiger partial charge in [0.25, 0.3) is 5.91 Å². The summed E-state index contributed by atoms with van der Waals surface area (Å²) in [6, 6.07) is 0. The van der Waals surface area contributed by atoms with Crippen molar-refractivity contribution in [2.24, 2.45) is 0 Å². The van der Waals surface area contributed by atoms with Crippen molar-refractivity contribution in [1.82, 2.24) is 15.1 Å². The SMILES string of the molecule is CCCn1ncc(C(=O)NC2(C(=O)O)CCOCC2)c1C. The molecule has 7 nitrogen and oxygen atoms in total. The zero-order valence-corrected chi connectivity index (χ0v) is 12.4. The van der Waals surface area contributed by atoms with Crippen molar-refractivity contribution < 1.29 is 19.4 Å². The Kier molecular flexibility index (Phi) is 4.62. The van der Waals surface area contributed by atoms with E-state index in [1.807, 2.05) is 13.8 Å². The Balaban J connectivity index is 2.18. The predicted molar refractivity (Wildman–Crippen MR) is 75.1 cm³/mol. The molecule has 0 saturated carbocycles. The number of hydrogen-bond donors (Lipinski definition) is 2. The first-order chi connectivity index (χ1) is 10.00. The van der Waals surface area contributed by atoms with Crippen LogP contribution in [0.4, 0.5) is 0 Å². The average molecular weight is 295 g/mol. The Morgan fingerprint density at radius 1 is 1.48 bits per heavy atom. The van der Waals surface area contributed by atoms with Crippen LogP contribution < -0.4 is 5.32 Å². The second-order valence-electron chi connectivity index (χ2n) is 5.32. The van der Waals surface area contributed by atoms with Crippen LogP contribution >= 0.6 is 0 Å². The molecule has 1 saturated heterocycles. The Bertz CT molecular complexity index is 532. The molecule has 1 aliphatic heterocycles. The highest BCUT2D eigenvalue weighted by molar-refractivity contribution is 5.98. The van der Waals surface area contributed by atoms with Gasteiger partial charge in [0.2, 0.25) is 0 Å². The normalized spacial score (nSPS) is 17.4. The molecule has 7 heteroatoms. The number of carbonyl (C=O) groups excluding carboxylic acids is 1. The van der Waals surface area contributed by atoms with Gasteiger partial charge in [-0.25, -0.2) is 4.79 Å². The van der Waals surface area contributed by atoms with E-state index >= 15 is 0 Å². The second-order valence-corrected chi connectivity index (χ2v) is 5.32. The van der Waals surface area contributed by atoms with Crippen molar-refractivity contribution in [1.29, 1.82) is 0 Å². The average Bonchev–Trinajstić information content (AvgIpc) is 2.82. The fourth-order valence-electron chi connectivity index (χ4n) is 2.50. The maximum Gasteiger partial charge on any atom is 0.329 e. The van der Waals surface area contributed by atoms with Gasteiger partial charge in [-0.2, -0.15) is 5.10 Å². The van der Waals surface area contributed by atoms with Gasteiger partial charge < -0.3 is 15.2 Å². The fraction of sp³-hybridized carbons (Fsp3) is 0.643. The van der Waals surface area contributed by atoms with Gasteiger partial charge in [0.15, 0.2) is 0 Å². The van der Waals surface area contributed by atoms with E-state index in [1.165, 1.54) is 6.20 Å². The van der Waals surface area contributed by atoms with Crippen molar-refractivity contribution in [3.05, 3.63) is 17.5 Å². The van der Waals surface area contributed by atoms with Gasteiger partial charge in [-0.1, -0.05) is 6.92 Å². The van der Waals surface area contributed by atoms with E-state index in [-0.39, 0.29) is 18.7 Å². The summed E-state index contributed by atoms with van der Waals surface area (Å²) in [5.74, 6) is -1.41. The molecule has 0 unspecified atom stereocenters. The number of nitrogens with zero attached hydrogens (tertiary/aromatic N) is 2. The monoisotopic (exact) mass is 295 g/mol. The van der Waals surface area contributed by atoms with E-state index in [4.69, 9.17) is 4.74 Å². The molecule has 0 aliphatic carbocycles. The number of aryl methyl sites for hydroxylation is 1. The Hall–Kier alpha value is -1.89. The minimum atomic E-state index is -1.24. The highest BCUT2D eigenvalue weighted by atomic mass is 16.5. The third-order valence-corrected chi connectivity index (χ3v) is 3.89. The molecule has 0 bridgehead atoms. The Labute approximate surface area is 123 Å². The largest absolute Gasteiger partial charge is 0.480 e. The third-order valence-electron chi connectivity index (χ3n) is 3.89. The zero-order chi connectivity index (χ0) is 15.5. The van der Waals surface area contributed by atoms with Crippen LogP contribution in [-0.2, 0) is 16.1 Å². The van der Waals surface area contributed by atoms with Crippen molar-refractivity contribution in [2.75, 3.05) is 13.2 Å². The first kappa shape index (κ1) is 15.5. The number of carboxylic acid groups (broad SMARTS) is 1. The van der Waals surface area contributed by atoms with E-state index in [2.05, 4.69) is 10.4 Å². The molecule has 2 heterocycles. The quantitative estimate of drug-likeness (QED) is 0.844. The number of rotatable bonds is 5. The van der Waals surface area contributed by atoms with E-state index in [9.17, 15) is 14.7 Å². The summed E-state index contributed by atoms with van der Waals surface area (Å²) in [4.78, 5) is 23.9. The summed E-state index contributed by atoms with van der Waals surface area (Å²) in [5.41, 5.74) is -0.0632. The van der Waals surface area contributed by atoms with Crippen LogP contribution in [0.1, 0.15) is 42.2 Å². The molecule has 1 aromatic rings. The first-order valence-electron chi connectivity index (χ1n) is 7.16. The number of ether oxygens (including phenoxy) is 1. The van der Waals surface area contributed by atoms with Crippen molar-refractivity contribution in [2.45, 2.75) is 45.2 Å². The molecule has 0 spiro atoms. The smallest absolute Gasteiger partial charge is 0.329 e. The summed E-state index contributed by atoms with van der Waals surface area (Å²) in [5, 5.41) is 16.3. The van der Waals surface area contributed by atoms with Gasteiger partial charge in [-0.3, -0.25) is 9.48 Å². The number of carbonyl (C=O) groups is 2. The Morgan fingerprint density at radius 2 is 2.14 bits per heavy atom. The third kappa shape index (κ3) is 3.07. The molecule has 0 atom stereocenters. The van der Waals surface area contributed by atoms with Crippen molar-refractivity contribution in [3.63, 3.8) is 0 Å². The van der Waals surface area contributed by atoms with Crippen LogP contribution in [0.15, 0.2) is 6.20 Å². The van der Waals surface area contributed by atoms with Crippen molar-refractivity contribution >= 4 is 11.9 Å². The van der Waals surface area contributed by atoms with E-state index in [1.54, 1.807) is 4.68 Å². The molecule has 1 aromatic heterocycles. The maximum atomic E-state index is 12.4. The van der Waals surface area contributed by atoms with E-state index in [0.717, 1.165) is 18.7 Å². The number of amides is 1. The lowest BCUT2D eigenvalue weighted by Crippen LogP contribution is -2.57. The molecule has 21 heavy (non-hydrogen) atoms. The van der Waals surface area contributed by atoms with Crippen LogP contribution in [-0.4, -0.2) is 45.5 Å². The highest BCUT2D eigenvalue weighted by Gasteiger charge is 2.42. The molecule has 116 valence electrons. The summed E-state index contributed by atoms with van der Waals surface area (Å²) >= 11 is 0. The fourth-order valence-corrected chi connectivity index (χ4v) is 2.50. The lowest BCUT2D eigenvalue weighted by atomic mass is 9.89. The second kappa shape index (κ2) is 6.26. The highest BCUT2D eigenvalue weighted by Crippen LogP contribution is 2.22. The molecule has 1 amide bonds. The number of aliphatic carboxylic acids is 1. The lowest BCUT2D eigenvalue weighted by Gasteiger charge is -2.33.